The lowest BCUT2D eigenvalue weighted by Gasteiger charge is -2.05. The van der Waals surface area contributed by atoms with Crippen molar-refractivity contribution in [3.8, 4) is 0 Å². The molecule has 0 fully saturated rings. The summed E-state index contributed by atoms with van der Waals surface area (Å²) in [5.41, 5.74) is 2.74. The minimum atomic E-state index is -1.02. The average molecular weight is 238 g/mol. The summed E-state index contributed by atoms with van der Waals surface area (Å²) in [6.07, 6.45) is 0.854. The SMILES string of the molecule is CCCS(=O)CC(=O)c1cc(C)ccc1C. The number of hydrogen-bond donors (Lipinski definition) is 0. The Hall–Kier alpha value is -0.960. The molecule has 0 radical (unpaired) electrons. The lowest BCUT2D eigenvalue weighted by molar-refractivity contribution is 0.102. The van der Waals surface area contributed by atoms with E-state index in [1.165, 1.54) is 0 Å². The summed E-state index contributed by atoms with van der Waals surface area (Å²) in [5, 5.41) is 0. The third-order valence-electron chi connectivity index (χ3n) is 2.42. The second-order valence-corrected chi connectivity index (χ2v) is 5.61. The van der Waals surface area contributed by atoms with E-state index in [0.29, 0.717) is 11.3 Å². The van der Waals surface area contributed by atoms with Gasteiger partial charge in [0, 0.05) is 22.1 Å². The van der Waals surface area contributed by atoms with Crippen LogP contribution in [0.25, 0.3) is 0 Å². The van der Waals surface area contributed by atoms with Crippen LogP contribution in [0.3, 0.4) is 0 Å². The molecule has 0 saturated heterocycles. The van der Waals surface area contributed by atoms with Crippen molar-refractivity contribution in [3.63, 3.8) is 0 Å². The topological polar surface area (TPSA) is 34.1 Å². The molecule has 3 heteroatoms. The molecule has 1 atom stereocenters. The van der Waals surface area contributed by atoms with E-state index >= 15 is 0 Å². The summed E-state index contributed by atoms with van der Waals surface area (Å²) in [5.74, 6) is 0.752. The highest BCUT2D eigenvalue weighted by atomic mass is 32.2. The number of carbonyl (C=O) groups excluding carboxylic acids is 1. The Bertz CT molecular complexity index is 410. The largest absolute Gasteiger partial charge is 0.293 e. The molecular formula is C13H18O2S. The Morgan fingerprint density at radius 1 is 1.31 bits per heavy atom. The van der Waals surface area contributed by atoms with Crippen molar-refractivity contribution < 1.29 is 9.00 Å². The first-order valence-electron chi connectivity index (χ1n) is 5.50. The maximum Gasteiger partial charge on any atom is 0.175 e. The fraction of sp³-hybridized carbons (Fsp3) is 0.462. The van der Waals surface area contributed by atoms with Gasteiger partial charge in [0.2, 0.25) is 0 Å². The maximum atomic E-state index is 11.9. The smallest absolute Gasteiger partial charge is 0.175 e. The van der Waals surface area contributed by atoms with Crippen molar-refractivity contribution in [1.29, 1.82) is 0 Å². The van der Waals surface area contributed by atoms with Crippen LogP contribution in [0.4, 0.5) is 0 Å². The molecule has 0 N–H and O–H groups in total. The van der Waals surface area contributed by atoms with Gasteiger partial charge < -0.3 is 0 Å². The molecule has 0 amide bonds. The molecule has 0 spiro atoms. The molecular weight excluding hydrogens is 220 g/mol. The lowest BCUT2D eigenvalue weighted by atomic mass is 10.0. The molecule has 0 aliphatic rings. The van der Waals surface area contributed by atoms with Gasteiger partial charge in [-0.05, 0) is 31.9 Å². The predicted octanol–water partition coefficient (Wildman–Crippen LogP) is 2.64. The van der Waals surface area contributed by atoms with Crippen molar-refractivity contribution in [2.75, 3.05) is 11.5 Å². The third kappa shape index (κ3) is 3.56. The second kappa shape index (κ2) is 5.94. The second-order valence-electron chi connectivity index (χ2n) is 4.03. The molecule has 0 aliphatic carbocycles. The predicted molar refractivity (Wildman–Crippen MR) is 68.4 cm³/mol. The highest BCUT2D eigenvalue weighted by molar-refractivity contribution is 7.85. The van der Waals surface area contributed by atoms with E-state index in [1.807, 2.05) is 39.0 Å². The summed E-state index contributed by atoms with van der Waals surface area (Å²) in [6.45, 7) is 5.84. The highest BCUT2D eigenvalue weighted by Crippen LogP contribution is 2.12. The van der Waals surface area contributed by atoms with Gasteiger partial charge in [-0.15, -0.1) is 0 Å². The van der Waals surface area contributed by atoms with Crippen LogP contribution in [-0.4, -0.2) is 21.5 Å². The Labute approximate surface area is 99.5 Å². The van der Waals surface area contributed by atoms with Gasteiger partial charge >= 0.3 is 0 Å². The fourth-order valence-corrected chi connectivity index (χ4v) is 2.61. The van der Waals surface area contributed by atoms with Crippen LogP contribution in [0.15, 0.2) is 18.2 Å². The summed E-state index contributed by atoms with van der Waals surface area (Å²) in [4.78, 5) is 11.9. The first-order valence-corrected chi connectivity index (χ1v) is 6.98. The number of carbonyl (C=O) groups is 1. The summed E-state index contributed by atoms with van der Waals surface area (Å²) < 4.78 is 11.5. The molecule has 2 nitrogen and oxygen atoms in total. The van der Waals surface area contributed by atoms with Gasteiger partial charge in [-0.2, -0.15) is 0 Å². The Morgan fingerprint density at radius 2 is 2.00 bits per heavy atom. The molecule has 0 heterocycles. The zero-order valence-electron chi connectivity index (χ0n) is 10.1. The van der Waals surface area contributed by atoms with E-state index in [2.05, 4.69) is 0 Å². The third-order valence-corrected chi connectivity index (χ3v) is 3.87. The van der Waals surface area contributed by atoms with Gasteiger partial charge in [-0.3, -0.25) is 9.00 Å². The molecule has 1 unspecified atom stereocenters. The van der Waals surface area contributed by atoms with E-state index in [0.717, 1.165) is 17.5 Å². The lowest BCUT2D eigenvalue weighted by Crippen LogP contribution is -2.14. The zero-order valence-corrected chi connectivity index (χ0v) is 10.9. The van der Waals surface area contributed by atoms with Crippen LogP contribution in [0.1, 0.15) is 34.8 Å². The van der Waals surface area contributed by atoms with Gasteiger partial charge in [0.05, 0.1) is 5.75 Å². The van der Waals surface area contributed by atoms with E-state index in [1.54, 1.807) is 0 Å². The summed E-state index contributed by atoms with van der Waals surface area (Å²) >= 11 is 0. The van der Waals surface area contributed by atoms with Crippen LogP contribution in [0.2, 0.25) is 0 Å². The van der Waals surface area contributed by atoms with Crippen LogP contribution < -0.4 is 0 Å². The molecule has 88 valence electrons. The van der Waals surface area contributed by atoms with Gasteiger partial charge in [-0.25, -0.2) is 0 Å². The number of hydrogen-bond acceptors (Lipinski definition) is 2. The van der Waals surface area contributed by atoms with Crippen LogP contribution >= 0.6 is 0 Å². The van der Waals surface area contributed by atoms with Crippen LogP contribution in [0, 0.1) is 13.8 Å². The van der Waals surface area contributed by atoms with Gasteiger partial charge in [0.15, 0.2) is 5.78 Å². The Balaban J connectivity index is 2.80. The van der Waals surface area contributed by atoms with Crippen molar-refractivity contribution >= 4 is 16.6 Å². The fourth-order valence-electron chi connectivity index (χ4n) is 1.56. The molecule has 0 bridgehead atoms. The number of aryl methyl sites for hydroxylation is 2. The molecule has 16 heavy (non-hydrogen) atoms. The quantitative estimate of drug-likeness (QED) is 0.739. The summed E-state index contributed by atoms with van der Waals surface area (Å²) in [6, 6.07) is 5.79. The highest BCUT2D eigenvalue weighted by Gasteiger charge is 2.12. The average Bonchev–Trinajstić information content (AvgIpc) is 2.21. The minimum Gasteiger partial charge on any atom is -0.293 e. The molecule has 1 aromatic carbocycles. The van der Waals surface area contributed by atoms with E-state index in [4.69, 9.17) is 0 Å². The monoisotopic (exact) mass is 238 g/mol. The number of rotatable bonds is 5. The van der Waals surface area contributed by atoms with Gasteiger partial charge in [0.1, 0.15) is 0 Å². The number of ketones is 1. The Morgan fingerprint density at radius 3 is 2.62 bits per heavy atom. The molecule has 0 aromatic heterocycles. The number of benzene rings is 1. The molecule has 0 aliphatic heterocycles. The van der Waals surface area contributed by atoms with Crippen molar-refractivity contribution in [2.45, 2.75) is 27.2 Å². The molecule has 1 aromatic rings. The first-order chi connectivity index (χ1) is 7.54. The summed E-state index contributed by atoms with van der Waals surface area (Å²) in [7, 11) is -1.02. The van der Waals surface area contributed by atoms with Gasteiger partial charge in [-0.1, -0.05) is 24.6 Å². The van der Waals surface area contributed by atoms with E-state index in [9.17, 15) is 9.00 Å². The van der Waals surface area contributed by atoms with Crippen molar-refractivity contribution in [3.05, 3.63) is 34.9 Å². The van der Waals surface area contributed by atoms with Crippen LogP contribution in [-0.2, 0) is 10.8 Å². The molecule has 1 rings (SSSR count). The normalized spacial score (nSPS) is 12.4. The standard InChI is InChI=1S/C13H18O2S/c1-4-7-16(15)9-13(14)12-8-10(2)5-6-11(12)3/h5-6,8H,4,7,9H2,1-3H3. The molecule has 0 saturated carbocycles. The minimum absolute atomic E-state index is 0.00650. The first kappa shape index (κ1) is 13.1. The van der Waals surface area contributed by atoms with Crippen LogP contribution in [0.5, 0.6) is 0 Å². The zero-order chi connectivity index (χ0) is 12.1. The van der Waals surface area contributed by atoms with Crippen molar-refractivity contribution in [1.82, 2.24) is 0 Å². The van der Waals surface area contributed by atoms with E-state index in [-0.39, 0.29) is 11.5 Å². The number of Topliss-reactive ketones (excluding diaryl/α,β-unsaturated/α-hetero) is 1. The van der Waals surface area contributed by atoms with E-state index < -0.39 is 10.8 Å². The maximum absolute atomic E-state index is 11.9. The van der Waals surface area contributed by atoms with Crippen molar-refractivity contribution in [2.24, 2.45) is 0 Å². The van der Waals surface area contributed by atoms with Gasteiger partial charge in [0.25, 0.3) is 0 Å². The Kier molecular flexibility index (Phi) is 4.87.